The summed E-state index contributed by atoms with van der Waals surface area (Å²) in [6.07, 6.45) is 0.737. The van der Waals surface area contributed by atoms with Crippen molar-refractivity contribution in [1.29, 1.82) is 0 Å². The van der Waals surface area contributed by atoms with Gasteiger partial charge in [-0.25, -0.2) is 4.39 Å². The van der Waals surface area contributed by atoms with E-state index in [1.807, 2.05) is 6.07 Å². The third-order valence-corrected chi connectivity index (χ3v) is 5.09. The number of rotatable bonds is 5. The highest BCUT2D eigenvalue weighted by atomic mass is 35.5. The van der Waals surface area contributed by atoms with Crippen LogP contribution < -0.4 is 20.1 Å². The first-order valence-corrected chi connectivity index (χ1v) is 10.4. The SMILES string of the molecule is O=C(NCc1cccc(NC(=O)c2ccc(F)cc2)c1)c1cc(Cl)c2c(c1)OCCCO2. The molecule has 32 heavy (non-hydrogen) atoms. The van der Waals surface area contributed by atoms with Crippen molar-refractivity contribution in [3.63, 3.8) is 0 Å². The Kier molecular flexibility index (Phi) is 6.56. The second kappa shape index (κ2) is 9.70. The summed E-state index contributed by atoms with van der Waals surface area (Å²) in [5.74, 6) is -0.179. The van der Waals surface area contributed by atoms with Crippen molar-refractivity contribution in [2.24, 2.45) is 0 Å². The van der Waals surface area contributed by atoms with Crippen LogP contribution in [-0.4, -0.2) is 25.0 Å². The van der Waals surface area contributed by atoms with Gasteiger partial charge in [-0.05, 0) is 54.1 Å². The van der Waals surface area contributed by atoms with Crippen LogP contribution in [0.15, 0.2) is 60.7 Å². The van der Waals surface area contributed by atoms with Gasteiger partial charge < -0.3 is 20.1 Å². The Morgan fingerprint density at radius 1 is 0.938 bits per heavy atom. The summed E-state index contributed by atoms with van der Waals surface area (Å²) in [5, 5.41) is 5.92. The lowest BCUT2D eigenvalue weighted by atomic mass is 10.1. The average Bonchev–Trinajstić information content (AvgIpc) is 3.04. The number of nitrogens with one attached hydrogen (secondary N) is 2. The number of amides is 2. The molecular weight excluding hydrogens is 435 g/mol. The first-order valence-electron chi connectivity index (χ1n) is 10.0. The van der Waals surface area contributed by atoms with Gasteiger partial charge in [0.15, 0.2) is 11.5 Å². The molecule has 2 N–H and O–H groups in total. The fourth-order valence-corrected chi connectivity index (χ4v) is 3.48. The largest absolute Gasteiger partial charge is 0.489 e. The molecule has 0 saturated carbocycles. The van der Waals surface area contributed by atoms with Gasteiger partial charge in [0.05, 0.1) is 18.2 Å². The summed E-state index contributed by atoms with van der Waals surface area (Å²) in [4.78, 5) is 25.0. The molecule has 6 nitrogen and oxygen atoms in total. The molecule has 0 saturated heterocycles. The number of hydrogen-bond donors (Lipinski definition) is 2. The number of ether oxygens (including phenoxy) is 2. The van der Waals surface area contributed by atoms with Gasteiger partial charge in [-0.1, -0.05) is 23.7 Å². The van der Waals surface area contributed by atoms with E-state index in [0.29, 0.717) is 46.5 Å². The predicted octanol–water partition coefficient (Wildman–Crippen LogP) is 4.82. The van der Waals surface area contributed by atoms with E-state index < -0.39 is 5.82 Å². The number of fused-ring (bicyclic) bond motifs is 1. The van der Waals surface area contributed by atoms with Crippen LogP contribution in [0.2, 0.25) is 5.02 Å². The summed E-state index contributed by atoms with van der Waals surface area (Å²) >= 11 is 6.26. The number of hydrogen-bond acceptors (Lipinski definition) is 4. The molecule has 0 aromatic heterocycles. The number of benzene rings is 3. The number of halogens is 2. The zero-order valence-corrected chi connectivity index (χ0v) is 17.7. The van der Waals surface area contributed by atoms with Crippen LogP contribution in [0.4, 0.5) is 10.1 Å². The maximum Gasteiger partial charge on any atom is 0.255 e. The molecular formula is C24H20ClFN2O4. The normalized spacial score (nSPS) is 12.6. The Morgan fingerprint density at radius 2 is 1.72 bits per heavy atom. The molecule has 4 rings (SSSR count). The third-order valence-electron chi connectivity index (χ3n) is 4.81. The molecule has 3 aromatic carbocycles. The van der Waals surface area contributed by atoms with E-state index in [9.17, 15) is 14.0 Å². The molecule has 3 aromatic rings. The van der Waals surface area contributed by atoms with Crippen molar-refractivity contribution in [2.45, 2.75) is 13.0 Å². The maximum atomic E-state index is 13.0. The molecule has 2 amide bonds. The van der Waals surface area contributed by atoms with Gasteiger partial charge in [0.1, 0.15) is 5.82 Å². The molecule has 0 spiro atoms. The summed E-state index contributed by atoms with van der Waals surface area (Å²) in [7, 11) is 0. The first kappa shape index (κ1) is 21.6. The minimum absolute atomic E-state index is 0.241. The second-order valence-corrected chi connectivity index (χ2v) is 7.59. The first-order chi connectivity index (χ1) is 15.5. The lowest BCUT2D eigenvalue weighted by molar-refractivity contribution is 0.0949. The Morgan fingerprint density at radius 3 is 2.53 bits per heavy atom. The predicted molar refractivity (Wildman–Crippen MR) is 119 cm³/mol. The van der Waals surface area contributed by atoms with Gasteiger partial charge in [0.25, 0.3) is 11.8 Å². The van der Waals surface area contributed by atoms with Crippen molar-refractivity contribution in [3.05, 3.63) is 88.2 Å². The molecule has 0 aliphatic carbocycles. The van der Waals surface area contributed by atoms with Gasteiger partial charge >= 0.3 is 0 Å². The van der Waals surface area contributed by atoms with Crippen LogP contribution in [0.5, 0.6) is 11.5 Å². The van der Waals surface area contributed by atoms with E-state index in [1.165, 1.54) is 24.3 Å². The van der Waals surface area contributed by atoms with E-state index in [-0.39, 0.29) is 18.4 Å². The maximum absolute atomic E-state index is 13.0. The third kappa shape index (κ3) is 5.18. The van der Waals surface area contributed by atoms with Crippen LogP contribution in [0.3, 0.4) is 0 Å². The standard InChI is InChI=1S/C24H20ClFN2O4/c25-20-12-17(13-21-22(20)32-10-2-9-31-21)23(29)27-14-15-3-1-4-19(11-15)28-24(30)16-5-7-18(26)8-6-16/h1,3-8,11-13H,2,9-10,14H2,(H,27,29)(H,28,30). The zero-order chi connectivity index (χ0) is 22.5. The molecule has 1 heterocycles. The molecule has 8 heteroatoms. The fraction of sp³-hybridized carbons (Fsp3) is 0.167. The van der Waals surface area contributed by atoms with Crippen LogP contribution in [0.25, 0.3) is 0 Å². The lowest BCUT2D eigenvalue weighted by Crippen LogP contribution is -2.23. The van der Waals surface area contributed by atoms with Crippen molar-refractivity contribution < 1.29 is 23.5 Å². The monoisotopic (exact) mass is 454 g/mol. The fourth-order valence-electron chi connectivity index (χ4n) is 3.21. The van der Waals surface area contributed by atoms with Crippen LogP contribution in [-0.2, 0) is 6.54 Å². The number of anilines is 1. The van der Waals surface area contributed by atoms with Crippen molar-refractivity contribution in [2.75, 3.05) is 18.5 Å². The van der Waals surface area contributed by atoms with E-state index in [1.54, 1.807) is 30.3 Å². The summed E-state index contributed by atoms with van der Waals surface area (Å²) in [5.41, 5.74) is 2.05. The molecule has 1 aliphatic rings. The van der Waals surface area contributed by atoms with Gasteiger partial charge in [-0.3, -0.25) is 9.59 Å². The average molecular weight is 455 g/mol. The molecule has 0 atom stereocenters. The van der Waals surface area contributed by atoms with Gasteiger partial charge in [0.2, 0.25) is 0 Å². The molecule has 0 radical (unpaired) electrons. The van der Waals surface area contributed by atoms with Gasteiger partial charge in [0, 0.05) is 29.8 Å². The number of carbonyl (C=O) groups excluding carboxylic acids is 2. The Labute approximate surface area is 189 Å². The highest BCUT2D eigenvalue weighted by Crippen LogP contribution is 2.38. The van der Waals surface area contributed by atoms with Crippen molar-refractivity contribution in [3.8, 4) is 11.5 Å². The van der Waals surface area contributed by atoms with E-state index in [2.05, 4.69) is 10.6 Å². The summed E-state index contributed by atoms with van der Waals surface area (Å²) in [6, 6.07) is 15.5. The zero-order valence-electron chi connectivity index (χ0n) is 17.0. The highest BCUT2D eigenvalue weighted by Gasteiger charge is 2.18. The van der Waals surface area contributed by atoms with E-state index >= 15 is 0 Å². The van der Waals surface area contributed by atoms with Crippen molar-refractivity contribution in [1.82, 2.24) is 5.32 Å². The van der Waals surface area contributed by atoms with Gasteiger partial charge in [-0.2, -0.15) is 0 Å². The highest BCUT2D eigenvalue weighted by molar-refractivity contribution is 6.32. The minimum Gasteiger partial charge on any atom is -0.489 e. The quantitative estimate of drug-likeness (QED) is 0.579. The summed E-state index contributed by atoms with van der Waals surface area (Å²) in [6.45, 7) is 1.24. The van der Waals surface area contributed by atoms with Crippen LogP contribution in [0, 0.1) is 5.82 Å². The number of carbonyl (C=O) groups is 2. The lowest BCUT2D eigenvalue weighted by Gasteiger charge is -2.12. The van der Waals surface area contributed by atoms with E-state index in [0.717, 1.165) is 12.0 Å². The Bertz CT molecular complexity index is 1150. The van der Waals surface area contributed by atoms with Crippen molar-refractivity contribution >= 4 is 29.1 Å². The second-order valence-electron chi connectivity index (χ2n) is 7.18. The molecule has 0 bridgehead atoms. The van der Waals surface area contributed by atoms with Gasteiger partial charge in [-0.15, -0.1) is 0 Å². The van der Waals surface area contributed by atoms with Crippen LogP contribution in [0.1, 0.15) is 32.7 Å². The topological polar surface area (TPSA) is 76.7 Å². The summed E-state index contributed by atoms with van der Waals surface area (Å²) < 4.78 is 24.3. The molecule has 1 aliphatic heterocycles. The molecule has 164 valence electrons. The molecule has 0 unspecified atom stereocenters. The van der Waals surface area contributed by atoms with Crippen LogP contribution >= 0.6 is 11.6 Å². The smallest absolute Gasteiger partial charge is 0.255 e. The Balaban J connectivity index is 1.40. The molecule has 0 fully saturated rings. The Hall–Kier alpha value is -3.58. The van der Waals surface area contributed by atoms with E-state index in [4.69, 9.17) is 21.1 Å². The minimum atomic E-state index is -0.408.